The van der Waals surface area contributed by atoms with E-state index in [4.69, 9.17) is 23.2 Å². The number of aliphatic hydroxyl groups excluding tert-OH is 1. The second-order valence-electron chi connectivity index (χ2n) is 4.49. The minimum atomic E-state index is -0.236. The van der Waals surface area contributed by atoms with Crippen molar-refractivity contribution in [2.75, 3.05) is 0 Å². The molecule has 1 aromatic rings. The maximum absolute atomic E-state index is 10.1. The summed E-state index contributed by atoms with van der Waals surface area (Å²) in [6, 6.07) is 5.69. The summed E-state index contributed by atoms with van der Waals surface area (Å²) < 4.78 is 0. The number of hydrogen-bond acceptors (Lipinski definition) is 1. The minimum absolute atomic E-state index is 0.220. The molecule has 0 bridgehead atoms. The summed E-state index contributed by atoms with van der Waals surface area (Å²) in [5.41, 5.74) is 1.11. The molecule has 0 heterocycles. The third-order valence-electron chi connectivity index (χ3n) is 3.35. The lowest BCUT2D eigenvalue weighted by Gasteiger charge is -2.21. The molecule has 1 nitrogen and oxygen atoms in total. The van der Waals surface area contributed by atoms with Gasteiger partial charge in [-0.15, -0.1) is 0 Å². The number of hydrogen-bond donors (Lipinski definition) is 1. The van der Waals surface area contributed by atoms with Gasteiger partial charge in [0.1, 0.15) is 0 Å². The molecule has 2 unspecified atom stereocenters. The van der Waals surface area contributed by atoms with Crippen LogP contribution in [0, 0.1) is 0 Å². The van der Waals surface area contributed by atoms with Gasteiger partial charge in [-0.25, -0.2) is 0 Å². The quantitative estimate of drug-likeness (QED) is 0.741. The molecule has 3 heteroatoms. The van der Waals surface area contributed by atoms with E-state index in [-0.39, 0.29) is 12.0 Å². The lowest BCUT2D eigenvalue weighted by molar-refractivity contribution is 0.135. The van der Waals surface area contributed by atoms with Crippen molar-refractivity contribution in [3.05, 3.63) is 33.8 Å². The van der Waals surface area contributed by atoms with E-state index >= 15 is 0 Å². The monoisotopic (exact) mass is 258 g/mol. The molecular weight excluding hydrogens is 243 g/mol. The van der Waals surface area contributed by atoms with Gasteiger partial charge in [0.05, 0.1) is 16.1 Å². The molecule has 1 aliphatic rings. The van der Waals surface area contributed by atoms with Gasteiger partial charge in [0.15, 0.2) is 0 Å². The number of aliphatic hydroxyl groups is 1. The van der Waals surface area contributed by atoms with E-state index in [1.807, 2.05) is 18.2 Å². The van der Waals surface area contributed by atoms with Gasteiger partial charge in [-0.2, -0.15) is 0 Å². The van der Waals surface area contributed by atoms with Crippen LogP contribution in [0.1, 0.15) is 43.6 Å². The van der Waals surface area contributed by atoms with Gasteiger partial charge in [-0.1, -0.05) is 48.5 Å². The van der Waals surface area contributed by atoms with Crippen LogP contribution in [0.3, 0.4) is 0 Å². The average molecular weight is 259 g/mol. The van der Waals surface area contributed by atoms with Crippen molar-refractivity contribution in [1.82, 2.24) is 0 Å². The third-order valence-corrected chi connectivity index (χ3v) is 4.09. The molecule has 88 valence electrons. The molecule has 1 saturated carbocycles. The zero-order valence-electron chi connectivity index (χ0n) is 9.13. The van der Waals surface area contributed by atoms with Gasteiger partial charge in [-0.3, -0.25) is 0 Å². The van der Waals surface area contributed by atoms with Crippen molar-refractivity contribution in [1.29, 1.82) is 0 Å². The lowest BCUT2D eigenvalue weighted by atomic mass is 9.89. The first-order valence-corrected chi connectivity index (χ1v) is 6.57. The van der Waals surface area contributed by atoms with Gasteiger partial charge < -0.3 is 5.11 Å². The summed E-state index contributed by atoms with van der Waals surface area (Å²) in [6.07, 6.45) is 5.22. The van der Waals surface area contributed by atoms with Gasteiger partial charge in [0, 0.05) is 5.92 Å². The smallest absolute Gasteiger partial charge is 0.0608 e. The van der Waals surface area contributed by atoms with Crippen LogP contribution >= 0.6 is 23.2 Å². The van der Waals surface area contributed by atoms with Gasteiger partial charge in [0.2, 0.25) is 0 Å². The zero-order valence-corrected chi connectivity index (χ0v) is 10.6. The summed E-state index contributed by atoms with van der Waals surface area (Å²) in [7, 11) is 0. The highest BCUT2D eigenvalue weighted by Gasteiger charge is 2.23. The fourth-order valence-electron chi connectivity index (χ4n) is 2.42. The molecule has 2 atom stereocenters. The van der Waals surface area contributed by atoms with Gasteiger partial charge >= 0.3 is 0 Å². The van der Waals surface area contributed by atoms with E-state index in [9.17, 15) is 5.11 Å². The fraction of sp³-hybridized carbons (Fsp3) is 0.538. The highest BCUT2D eigenvalue weighted by atomic mass is 35.5. The van der Waals surface area contributed by atoms with Crippen molar-refractivity contribution >= 4 is 23.2 Å². The molecule has 1 aromatic carbocycles. The Labute approximate surface area is 106 Å². The Balaban J connectivity index is 2.23. The van der Waals surface area contributed by atoms with Crippen LogP contribution in [0.5, 0.6) is 0 Å². The summed E-state index contributed by atoms with van der Waals surface area (Å²) in [5, 5.41) is 11.2. The molecule has 0 saturated heterocycles. The Kier molecular flexibility index (Phi) is 4.12. The normalized spacial score (nSPS) is 26.4. The zero-order chi connectivity index (χ0) is 11.5. The summed E-state index contributed by atoms with van der Waals surface area (Å²) in [5.74, 6) is 0.220. The number of rotatable bonds is 1. The highest BCUT2D eigenvalue weighted by molar-refractivity contribution is 6.42. The molecule has 16 heavy (non-hydrogen) atoms. The fourth-order valence-corrected chi connectivity index (χ4v) is 2.73. The molecular formula is C13H16Cl2O. The standard InChI is InChI=1S/C13H16Cl2O/c14-11-7-6-9(8-12(11)15)10-4-2-1-3-5-13(10)16/h6-8,10,13,16H,1-5H2. The Morgan fingerprint density at radius 3 is 2.50 bits per heavy atom. The number of benzene rings is 1. The van der Waals surface area contributed by atoms with Crippen LogP contribution in [0.15, 0.2) is 18.2 Å². The topological polar surface area (TPSA) is 20.2 Å². The largest absolute Gasteiger partial charge is 0.392 e. The van der Waals surface area contributed by atoms with Gasteiger partial charge in [-0.05, 0) is 30.5 Å². The summed E-state index contributed by atoms with van der Waals surface area (Å²) in [6.45, 7) is 0. The molecule has 0 amide bonds. The first-order chi connectivity index (χ1) is 7.68. The minimum Gasteiger partial charge on any atom is -0.392 e. The van der Waals surface area contributed by atoms with E-state index in [1.54, 1.807) is 0 Å². The van der Waals surface area contributed by atoms with Crippen LogP contribution in [0.25, 0.3) is 0 Å². The third kappa shape index (κ3) is 2.71. The molecule has 0 radical (unpaired) electrons. The van der Waals surface area contributed by atoms with Crippen molar-refractivity contribution in [3.63, 3.8) is 0 Å². The molecule has 2 rings (SSSR count). The summed E-state index contributed by atoms with van der Waals surface area (Å²) >= 11 is 11.9. The first kappa shape index (κ1) is 12.2. The summed E-state index contributed by atoms with van der Waals surface area (Å²) in [4.78, 5) is 0. The predicted octanol–water partition coefficient (Wildman–Crippen LogP) is 4.40. The molecule has 1 N–H and O–H groups in total. The van der Waals surface area contributed by atoms with E-state index < -0.39 is 0 Å². The van der Waals surface area contributed by atoms with Gasteiger partial charge in [0.25, 0.3) is 0 Å². The second kappa shape index (κ2) is 5.39. The van der Waals surface area contributed by atoms with E-state index in [0.29, 0.717) is 10.0 Å². The Morgan fingerprint density at radius 2 is 1.75 bits per heavy atom. The molecule has 0 aromatic heterocycles. The Bertz CT molecular complexity index is 365. The van der Waals surface area contributed by atoms with Crippen LogP contribution < -0.4 is 0 Å². The Morgan fingerprint density at radius 1 is 1.00 bits per heavy atom. The predicted molar refractivity (Wildman–Crippen MR) is 68.3 cm³/mol. The van der Waals surface area contributed by atoms with Crippen molar-refractivity contribution in [2.45, 2.75) is 44.1 Å². The van der Waals surface area contributed by atoms with Crippen LogP contribution in [0.4, 0.5) is 0 Å². The van der Waals surface area contributed by atoms with Crippen molar-refractivity contribution in [3.8, 4) is 0 Å². The maximum Gasteiger partial charge on any atom is 0.0608 e. The average Bonchev–Trinajstić information content (AvgIpc) is 2.47. The van der Waals surface area contributed by atoms with Crippen LogP contribution in [-0.2, 0) is 0 Å². The van der Waals surface area contributed by atoms with E-state index in [0.717, 1.165) is 24.8 Å². The van der Waals surface area contributed by atoms with Crippen LogP contribution in [-0.4, -0.2) is 11.2 Å². The van der Waals surface area contributed by atoms with E-state index in [1.165, 1.54) is 12.8 Å². The molecule has 1 fully saturated rings. The maximum atomic E-state index is 10.1. The molecule has 0 spiro atoms. The van der Waals surface area contributed by atoms with E-state index in [2.05, 4.69) is 0 Å². The number of halogens is 2. The van der Waals surface area contributed by atoms with Crippen molar-refractivity contribution < 1.29 is 5.11 Å². The Hall–Kier alpha value is -0.240. The van der Waals surface area contributed by atoms with Crippen LogP contribution in [0.2, 0.25) is 10.0 Å². The molecule has 0 aliphatic heterocycles. The highest BCUT2D eigenvalue weighted by Crippen LogP contribution is 2.34. The first-order valence-electron chi connectivity index (χ1n) is 5.81. The molecule has 1 aliphatic carbocycles. The SMILES string of the molecule is OC1CCCCCC1c1ccc(Cl)c(Cl)c1. The van der Waals surface area contributed by atoms with Crippen molar-refractivity contribution in [2.24, 2.45) is 0 Å². The second-order valence-corrected chi connectivity index (χ2v) is 5.30. The lowest BCUT2D eigenvalue weighted by Crippen LogP contribution is -2.16.